The molecule has 1 aromatic rings. The van der Waals surface area contributed by atoms with Gasteiger partial charge in [0.05, 0.1) is 5.69 Å². The Morgan fingerprint density at radius 2 is 2.08 bits per heavy atom. The zero-order valence-corrected chi connectivity index (χ0v) is 8.46. The summed E-state index contributed by atoms with van der Waals surface area (Å²) in [4.78, 5) is 0. The van der Waals surface area contributed by atoms with Crippen molar-refractivity contribution in [3.8, 4) is 0 Å². The maximum Gasteiger partial charge on any atom is 0.103 e. The van der Waals surface area contributed by atoms with Crippen molar-refractivity contribution in [2.24, 2.45) is 7.05 Å². The second-order valence-electron chi connectivity index (χ2n) is 4.31. The lowest BCUT2D eigenvalue weighted by molar-refractivity contribution is 0.0723. The maximum atomic E-state index is 9.89. The summed E-state index contributed by atoms with van der Waals surface area (Å²) in [5.74, 6) is 0. The highest BCUT2D eigenvalue weighted by Crippen LogP contribution is 2.30. The first-order valence-electron chi connectivity index (χ1n) is 4.78. The minimum absolute atomic E-state index is 0.796. The average Bonchev–Trinajstić information content (AvgIpc) is 2.51. The summed E-state index contributed by atoms with van der Waals surface area (Å²) in [5, 5.41) is 14.3. The molecule has 0 radical (unpaired) electrons. The highest BCUT2D eigenvalue weighted by Gasteiger charge is 2.29. The van der Waals surface area contributed by atoms with Crippen molar-refractivity contribution in [1.29, 1.82) is 0 Å². The average molecular weight is 180 g/mol. The van der Waals surface area contributed by atoms with Crippen molar-refractivity contribution in [1.82, 2.24) is 9.78 Å². The lowest BCUT2D eigenvalue weighted by Gasteiger charge is -2.15. The quantitative estimate of drug-likeness (QED) is 0.703. The van der Waals surface area contributed by atoms with Crippen LogP contribution in [0.2, 0.25) is 0 Å². The minimum Gasteiger partial charge on any atom is -0.384 e. The fraction of sp³-hybridized carbons (Fsp3) is 0.700. The lowest BCUT2D eigenvalue weighted by atomic mass is 10.0. The smallest absolute Gasteiger partial charge is 0.103 e. The first-order chi connectivity index (χ1) is 6.00. The molecule has 2 rings (SSSR count). The van der Waals surface area contributed by atoms with Crippen LogP contribution in [0.5, 0.6) is 0 Å². The molecule has 0 amide bonds. The molecule has 0 aromatic carbocycles. The molecule has 1 N–H and O–H groups in total. The molecule has 0 atom stereocenters. The monoisotopic (exact) mass is 180 g/mol. The molecule has 0 aliphatic heterocycles. The molecule has 1 aliphatic rings. The molecule has 1 aliphatic carbocycles. The standard InChI is InChI=1S/C10H16N2O/c1-10(2,13)9-7-5-4-6-8(7)12(3)11-9/h13H,4-6H2,1-3H3. The molecular formula is C10H16N2O. The van der Waals surface area contributed by atoms with Gasteiger partial charge in [0.1, 0.15) is 5.60 Å². The van der Waals surface area contributed by atoms with E-state index in [0.717, 1.165) is 18.5 Å². The van der Waals surface area contributed by atoms with Gasteiger partial charge in [0.2, 0.25) is 0 Å². The summed E-state index contributed by atoms with van der Waals surface area (Å²) in [6, 6.07) is 0. The molecule has 0 unspecified atom stereocenters. The molecule has 0 bridgehead atoms. The molecule has 3 nitrogen and oxygen atoms in total. The fourth-order valence-electron chi connectivity index (χ4n) is 2.10. The third-order valence-electron chi connectivity index (χ3n) is 2.69. The number of hydrogen-bond acceptors (Lipinski definition) is 2. The molecule has 3 heteroatoms. The molecule has 0 fully saturated rings. The van der Waals surface area contributed by atoms with Crippen molar-refractivity contribution in [3.63, 3.8) is 0 Å². The molecule has 1 aromatic heterocycles. The van der Waals surface area contributed by atoms with Crippen LogP contribution in [-0.2, 0) is 25.5 Å². The first-order valence-corrected chi connectivity index (χ1v) is 4.78. The number of rotatable bonds is 1. The van der Waals surface area contributed by atoms with Gasteiger partial charge in [-0.3, -0.25) is 4.68 Å². The third kappa shape index (κ3) is 1.27. The zero-order valence-electron chi connectivity index (χ0n) is 8.46. The number of fused-ring (bicyclic) bond motifs is 1. The van der Waals surface area contributed by atoms with Crippen molar-refractivity contribution < 1.29 is 5.11 Å². The van der Waals surface area contributed by atoms with E-state index in [9.17, 15) is 5.11 Å². The Kier molecular flexibility index (Phi) is 1.74. The second-order valence-corrected chi connectivity index (χ2v) is 4.31. The summed E-state index contributed by atoms with van der Waals surface area (Å²) in [6.07, 6.45) is 3.38. The van der Waals surface area contributed by atoms with Gasteiger partial charge in [-0.25, -0.2) is 0 Å². The highest BCUT2D eigenvalue weighted by molar-refractivity contribution is 5.33. The largest absolute Gasteiger partial charge is 0.384 e. The van der Waals surface area contributed by atoms with Crippen LogP contribution < -0.4 is 0 Å². The molecule has 0 saturated heterocycles. The van der Waals surface area contributed by atoms with Gasteiger partial charge >= 0.3 is 0 Å². The van der Waals surface area contributed by atoms with Crippen LogP contribution in [-0.4, -0.2) is 14.9 Å². The van der Waals surface area contributed by atoms with Gasteiger partial charge in [0.15, 0.2) is 0 Å². The van der Waals surface area contributed by atoms with Crippen LogP contribution in [0.4, 0.5) is 0 Å². The van der Waals surface area contributed by atoms with Crippen LogP contribution in [0.25, 0.3) is 0 Å². The summed E-state index contributed by atoms with van der Waals surface area (Å²) in [7, 11) is 1.96. The third-order valence-corrected chi connectivity index (χ3v) is 2.69. The van der Waals surface area contributed by atoms with E-state index >= 15 is 0 Å². The van der Waals surface area contributed by atoms with Gasteiger partial charge in [-0.2, -0.15) is 5.10 Å². The Bertz CT molecular complexity index is 333. The Hall–Kier alpha value is -0.830. The Labute approximate surface area is 78.4 Å². The van der Waals surface area contributed by atoms with Crippen molar-refractivity contribution in [2.75, 3.05) is 0 Å². The molecular weight excluding hydrogens is 164 g/mol. The van der Waals surface area contributed by atoms with Crippen LogP contribution >= 0.6 is 0 Å². The predicted molar refractivity (Wildman–Crippen MR) is 50.5 cm³/mol. The summed E-state index contributed by atoms with van der Waals surface area (Å²) < 4.78 is 1.91. The predicted octanol–water partition coefficient (Wildman–Crippen LogP) is 1.14. The normalized spacial score (nSPS) is 16.3. The topological polar surface area (TPSA) is 38.0 Å². The summed E-state index contributed by atoms with van der Waals surface area (Å²) >= 11 is 0. The van der Waals surface area contributed by atoms with E-state index in [2.05, 4.69) is 5.10 Å². The Balaban J connectivity index is 2.55. The summed E-state index contributed by atoms with van der Waals surface area (Å²) in [5.41, 5.74) is 2.64. The van der Waals surface area contributed by atoms with E-state index in [4.69, 9.17) is 0 Å². The molecule has 0 spiro atoms. The van der Waals surface area contributed by atoms with E-state index in [0.29, 0.717) is 0 Å². The van der Waals surface area contributed by atoms with Gasteiger partial charge in [0, 0.05) is 12.7 Å². The van der Waals surface area contributed by atoms with E-state index in [1.807, 2.05) is 11.7 Å². The van der Waals surface area contributed by atoms with E-state index < -0.39 is 5.60 Å². The fourth-order valence-corrected chi connectivity index (χ4v) is 2.10. The van der Waals surface area contributed by atoms with Crippen molar-refractivity contribution in [2.45, 2.75) is 38.7 Å². The number of nitrogens with zero attached hydrogens (tertiary/aromatic N) is 2. The van der Waals surface area contributed by atoms with Gasteiger partial charge < -0.3 is 5.11 Å². The maximum absolute atomic E-state index is 9.89. The van der Waals surface area contributed by atoms with Crippen LogP contribution in [0, 0.1) is 0 Å². The van der Waals surface area contributed by atoms with E-state index in [1.54, 1.807) is 13.8 Å². The number of aliphatic hydroxyl groups is 1. The van der Waals surface area contributed by atoms with Gasteiger partial charge in [-0.05, 0) is 38.7 Å². The van der Waals surface area contributed by atoms with Gasteiger partial charge in [-0.15, -0.1) is 0 Å². The Morgan fingerprint density at radius 1 is 1.38 bits per heavy atom. The van der Waals surface area contributed by atoms with E-state index in [-0.39, 0.29) is 0 Å². The van der Waals surface area contributed by atoms with Gasteiger partial charge in [-0.1, -0.05) is 0 Å². The van der Waals surface area contributed by atoms with Crippen LogP contribution in [0.3, 0.4) is 0 Å². The lowest BCUT2D eigenvalue weighted by Crippen LogP contribution is -2.18. The molecule has 0 saturated carbocycles. The Morgan fingerprint density at radius 3 is 2.69 bits per heavy atom. The molecule has 72 valence electrons. The summed E-state index contributed by atoms with van der Waals surface area (Å²) in [6.45, 7) is 3.60. The molecule has 1 heterocycles. The van der Waals surface area contributed by atoms with Crippen LogP contribution in [0.1, 0.15) is 37.2 Å². The number of aryl methyl sites for hydroxylation is 1. The first kappa shape index (κ1) is 8.75. The van der Waals surface area contributed by atoms with Gasteiger partial charge in [0.25, 0.3) is 0 Å². The van der Waals surface area contributed by atoms with Crippen LogP contribution in [0.15, 0.2) is 0 Å². The van der Waals surface area contributed by atoms with Crippen molar-refractivity contribution >= 4 is 0 Å². The SMILES string of the molecule is Cn1nc(C(C)(C)O)c2c1CCC2. The minimum atomic E-state index is -0.796. The van der Waals surface area contributed by atoms with Crippen molar-refractivity contribution in [3.05, 3.63) is 17.0 Å². The highest BCUT2D eigenvalue weighted by atomic mass is 16.3. The number of aromatic nitrogens is 2. The number of hydrogen-bond donors (Lipinski definition) is 1. The van der Waals surface area contributed by atoms with E-state index in [1.165, 1.54) is 17.7 Å². The molecule has 13 heavy (non-hydrogen) atoms. The zero-order chi connectivity index (χ0) is 9.64. The second kappa shape index (κ2) is 2.58.